The van der Waals surface area contributed by atoms with E-state index in [1.807, 2.05) is 90.9 Å². The van der Waals surface area contributed by atoms with Gasteiger partial charge in [-0.05, 0) is 143 Å². The van der Waals surface area contributed by atoms with Gasteiger partial charge in [0.25, 0.3) is 11.8 Å². The van der Waals surface area contributed by atoms with Crippen LogP contribution in [0.4, 0.5) is 4.79 Å². The van der Waals surface area contributed by atoms with Gasteiger partial charge in [-0.1, -0.05) is 39.8 Å². The number of rotatable bonds is 13. The SMILES string of the molecule is Cc1cc(-c2ccnc3c2C(=O)N(C)C3)ccc1OC[C@@](C)(N)CC(C)C.Cc1cc(-c2ccnc3c2C(=O)N(C)C3)ccc1OC[C@](C)(CC(C)C)NC(=O)OC(C)(C)C. The fourth-order valence-corrected chi connectivity index (χ4v) is 8.21. The van der Waals surface area contributed by atoms with Crippen LogP contribution in [0.25, 0.3) is 22.3 Å². The number of nitrogens with one attached hydrogen (secondary N) is 1. The molecule has 2 aliphatic rings. The van der Waals surface area contributed by atoms with Crippen LogP contribution in [-0.2, 0) is 17.8 Å². The Morgan fingerprint density at radius 2 is 1.16 bits per heavy atom. The molecule has 2 aromatic heterocycles. The molecule has 61 heavy (non-hydrogen) atoms. The van der Waals surface area contributed by atoms with Gasteiger partial charge in [-0.15, -0.1) is 0 Å². The molecule has 6 rings (SSSR count). The maximum Gasteiger partial charge on any atom is 0.408 e. The number of ether oxygens (including phenoxy) is 3. The van der Waals surface area contributed by atoms with Gasteiger partial charge in [-0.25, -0.2) is 4.79 Å². The van der Waals surface area contributed by atoms with Crippen LogP contribution in [-0.4, -0.2) is 81.7 Å². The Bertz CT molecular complexity index is 2250. The lowest BCUT2D eigenvalue weighted by molar-refractivity contribution is 0.0407. The highest BCUT2D eigenvalue weighted by atomic mass is 16.6. The third kappa shape index (κ3) is 11.9. The molecule has 0 saturated heterocycles. The summed E-state index contributed by atoms with van der Waals surface area (Å²) < 4.78 is 17.7. The van der Waals surface area contributed by atoms with Gasteiger partial charge in [-0.2, -0.15) is 0 Å². The number of alkyl carbamates (subject to hydrolysis) is 1. The maximum atomic E-state index is 12.6. The van der Waals surface area contributed by atoms with Gasteiger partial charge in [0.1, 0.15) is 30.3 Å². The Morgan fingerprint density at radius 1 is 0.721 bits per heavy atom. The van der Waals surface area contributed by atoms with Crippen LogP contribution in [0.3, 0.4) is 0 Å². The number of fused-ring (bicyclic) bond motifs is 2. The van der Waals surface area contributed by atoms with Crippen molar-refractivity contribution in [1.29, 1.82) is 0 Å². The predicted octanol–water partition coefficient (Wildman–Crippen LogP) is 9.14. The van der Waals surface area contributed by atoms with E-state index in [0.717, 1.165) is 69.1 Å². The van der Waals surface area contributed by atoms with E-state index in [-0.39, 0.29) is 17.4 Å². The maximum absolute atomic E-state index is 12.6. The molecule has 4 heterocycles. The average Bonchev–Trinajstić information content (AvgIpc) is 3.61. The van der Waals surface area contributed by atoms with Crippen molar-refractivity contribution in [1.82, 2.24) is 25.1 Å². The number of nitrogens with two attached hydrogens (primary N) is 1. The molecule has 3 amide bonds. The Balaban J connectivity index is 0.000000237. The monoisotopic (exact) mass is 835 g/mol. The number of carbonyl (C=O) groups is 3. The van der Waals surface area contributed by atoms with Gasteiger partial charge in [0.15, 0.2) is 0 Å². The molecular formula is C49H66N6O6. The molecule has 2 aliphatic heterocycles. The Morgan fingerprint density at radius 3 is 1.57 bits per heavy atom. The van der Waals surface area contributed by atoms with E-state index in [9.17, 15) is 14.4 Å². The first-order valence-corrected chi connectivity index (χ1v) is 21.2. The summed E-state index contributed by atoms with van der Waals surface area (Å²) in [5, 5.41) is 3.01. The Labute approximate surface area is 362 Å². The van der Waals surface area contributed by atoms with Crippen LogP contribution in [0, 0.1) is 25.7 Å². The summed E-state index contributed by atoms with van der Waals surface area (Å²) in [5.41, 5.74) is 13.6. The van der Waals surface area contributed by atoms with Crippen molar-refractivity contribution in [3.8, 4) is 33.8 Å². The molecule has 0 spiro atoms. The van der Waals surface area contributed by atoms with Crippen molar-refractivity contribution in [3.63, 3.8) is 0 Å². The van der Waals surface area contributed by atoms with Crippen LogP contribution in [0.1, 0.15) is 118 Å². The zero-order valence-corrected chi connectivity index (χ0v) is 38.5. The predicted molar refractivity (Wildman–Crippen MR) is 241 cm³/mol. The Hall–Kier alpha value is -5.49. The van der Waals surface area contributed by atoms with Crippen molar-refractivity contribution in [3.05, 3.63) is 94.6 Å². The highest BCUT2D eigenvalue weighted by Crippen LogP contribution is 2.35. The molecule has 12 heteroatoms. The topological polar surface area (TPSA) is 149 Å². The largest absolute Gasteiger partial charge is 0.491 e. The average molecular weight is 835 g/mol. The van der Waals surface area contributed by atoms with Crippen LogP contribution in [0.5, 0.6) is 11.5 Å². The molecule has 12 nitrogen and oxygen atoms in total. The van der Waals surface area contributed by atoms with Crippen molar-refractivity contribution < 1.29 is 28.6 Å². The number of amides is 3. The van der Waals surface area contributed by atoms with E-state index in [1.54, 1.807) is 36.3 Å². The molecule has 2 atom stereocenters. The summed E-state index contributed by atoms with van der Waals surface area (Å²) in [6, 6.07) is 15.7. The molecule has 0 radical (unpaired) electrons. The van der Waals surface area contributed by atoms with Crippen molar-refractivity contribution in [2.75, 3.05) is 27.3 Å². The van der Waals surface area contributed by atoms with Crippen molar-refractivity contribution >= 4 is 17.9 Å². The van der Waals surface area contributed by atoms with Crippen LogP contribution in [0.2, 0.25) is 0 Å². The minimum absolute atomic E-state index is 0.00579. The molecule has 328 valence electrons. The highest BCUT2D eigenvalue weighted by Gasteiger charge is 2.33. The number of aryl methyl sites for hydroxylation is 2. The Kier molecular flexibility index (Phi) is 14.2. The summed E-state index contributed by atoms with van der Waals surface area (Å²) in [7, 11) is 3.59. The van der Waals surface area contributed by atoms with Crippen molar-refractivity contribution in [2.45, 2.75) is 119 Å². The standard InChI is InChI=1S/C27H37N3O4.C22H29N3O2/c1-17(2)14-27(7,29-25(32)34-26(4,5)6)16-33-22-10-9-19(13-18(22)3)20-11-12-28-21-15-30(8)24(31)23(20)21;1-14(2)11-22(4,23)13-27-19-7-6-16(10-15(19)3)17-8-9-24-18-12-25(5)21(26)20(17)18/h9-13,17H,14-16H2,1-8H3,(H,29,32);6-10,14H,11-13,23H2,1-5H3/t27-;22-/m00/s1. The third-order valence-electron chi connectivity index (χ3n) is 10.6. The zero-order chi connectivity index (χ0) is 45.0. The summed E-state index contributed by atoms with van der Waals surface area (Å²) in [5.74, 6) is 2.47. The van der Waals surface area contributed by atoms with E-state index < -0.39 is 17.2 Å². The summed E-state index contributed by atoms with van der Waals surface area (Å²) in [6.45, 7) is 24.0. The summed E-state index contributed by atoms with van der Waals surface area (Å²) in [6.07, 6.45) is 4.71. The van der Waals surface area contributed by atoms with Crippen molar-refractivity contribution in [2.24, 2.45) is 17.6 Å². The molecule has 0 fully saturated rings. The second kappa shape index (κ2) is 18.6. The van der Waals surface area contributed by atoms with Crippen LogP contribution >= 0.6 is 0 Å². The first kappa shape index (κ1) is 46.6. The number of pyridine rings is 2. The number of hydrogen-bond acceptors (Lipinski definition) is 9. The van der Waals surface area contributed by atoms with Crippen LogP contribution in [0.15, 0.2) is 60.9 Å². The summed E-state index contributed by atoms with van der Waals surface area (Å²) >= 11 is 0. The zero-order valence-electron chi connectivity index (χ0n) is 38.5. The number of carbonyl (C=O) groups excluding carboxylic acids is 3. The normalized spacial score (nSPS) is 15.5. The van der Waals surface area contributed by atoms with Gasteiger partial charge in [0, 0.05) is 32.0 Å². The van der Waals surface area contributed by atoms with E-state index in [2.05, 4.69) is 49.0 Å². The lowest BCUT2D eigenvalue weighted by Crippen LogP contribution is -2.52. The first-order valence-electron chi connectivity index (χ1n) is 21.2. The molecular weight excluding hydrogens is 769 g/mol. The number of hydrogen-bond donors (Lipinski definition) is 2. The van der Waals surface area contributed by atoms with E-state index in [0.29, 0.717) is 49.3 Å². The highest BCUT2D eigenvalue weighted by molar-refractivity contribution is 6.04. The molecule has 0 aliphatic carbocycles. The van der Waals surface area contributed by atoms with E-state index >= 15 is 0 Å². The first-order chi connectivity index (χ1) is 28.5. The fourth-order valence-electron chi connectivity index (χ4n) is 8.21. The lowest BCUT2D eigenvalue weighted by Gasteiger charge is -2.33. The summed E-state index contributed by atoms with van der Waals surface area (Å²) in [4.78, 5) is 49.7. The molecule has 3 N–H and O–H groups in total. The van der Waals surface area contributed by atoms with Gasteiger partial charge >= 0.3 is 6.09 Å². The third-order valence-corrected chi connectivity index (χ3v) is 10.6. The number of benzene rings is 2. The van der Waals surface area contributed by atoms with E-state index in [1.165, 1.54) is 0 Å². The minimum atomic E-state index is -0.593. The lowest BCUT2D eigenvalue weighted by atomic mass is 9.91. The molecule has 0 bridgehead atoms. The second-order valence-electron chi connectivity index (χ2n) is 19.3. The molecule has 4 aromatic rings. The molecule has 0 saturated carbocycles. The fraction of sp³-hybridized carbons (Fsp3) is 0.490. The van der Waals surface area contributed by atoms with E-state index in [4.69, 9.17) is 19.9 Å². The smallest absolute Gasteiger partial charge is 0.408 e. The number of aromatic nitrogens is 2. The molecule has 0 unspecified atom stereocenters. The second-order valence-corrected chi connectivity index (χ2v) is 19.3. The number of nitrogens with zero attached hydrogens (tertiary/aromatic N) is 4. The van der Waals surface area contributed by atoms with Gasteiger partial charge < -0.3 is 35.1 Å². The van der Waals surface area contributed by atoms with Gasteiger partial charge in [0.2, 0.25) is 0 Å². The van der Waals surface area contributed by atoms with Gasteiger partial charge in [-0.3, -0.25) is 19.6 Å². The van der Waals surface area contributed by atoms with Gasteiger partial charge in [0.05, 0.1) is 41.1 Å². The minimum Gasteiger partial charge on any atom is -0.491 e. The van der Waals surface area contributed by atoms with Crippen LogP contribution < -0.4 is 20.5 Å². The molecule has 2 aromatic carbocycles. The quantitative estimate of drug-likeness (QED) is 0.135.